The van der Waals surface area contributed by atoms with E-state index in [4.69, 9.17) is 9.47 Å². The van der Waals surface area contributed by atoms with E-state index >= 15 is 0 Å². The van der Waals surface area contributed by atoms with Crippen molar-refractivity contribution in [3.05, 3.63) is 93.7 Å². The Morgan fingerprint density at radius 2 is 1.78 bits per heavy atom. The number of hydrogen-bond donors (Lipinski definition) is 1. The molecule has 1 aromatic heterocycles. The molecule has 1 amide bonds. The van der Waals surface area contributed by atoms with Gasteiger partial charge in [0.05, 0.1) is 12.3 Å². The highest BCUT2D eigenvalue weighted by Gasteiger charge is 2.29. The first-order valence-corrected chi connectivity index (χ1v) is 14.5. The van der Waals surface area contributed by atoms with Crippen molar-refractivity contribution in [3.8, 4) is 28.6 Å². The summed E-state index contributed by atoms with van der Waals surface area (Å²) < 4.78 is 54.6. The van der Waals surface area contributed by atoms with Crippen LogP contribution in [0.15, 0.2) is 65.6 Å². The summed E-state index contributed by atoms with van der Waals surface area (Å²) in [4.78, 5) is 29.4. The van der Waals surface area contributed by atoms with Crippen molar-refractivity contribution in [1.29, 1.82) is 0 Å². The molecule has 2 aromatic carbocycles. The van der Waals surface area contributed by atoms with Gasteiger partial charge in [0.15, 0.2) is 5.78 Å². The zero-order valence-corrected chi connectivity index (χ0v) is 24.3. The van der Waals surface area contributed by atoms with Gasteiger partial charge < -0.3 is 9.47 Å². The van der Waals surface area contributed by atoms with E-state index in [1.807, 2.05) is 51.5 Å². The normalized spacial score (nSPS) is 13.2. The van der Waals surface area contributed by atoms with E-state index < -0.39 is 32.4 Å². The van der Waals surface area contributed by atoms with Gasteiger partial charge in [0, 0.05) is 12.0 Å². The van der Waals surface area contributed by atoms with Gasteiger partial charge in [-0.1, -0.05) is 43.7 Å². The predicted molar refractivity (Wildman–Crippen MR) is 154 cm³/mol. The molecule has 0 aliphatic heterocycles. The topological polar surface area (TPSA) is 112 Å². The third-order valence-electron chi connectivity index (χ3n) is 6.18. The maximum Gasteiger partial charge on any atom is 0.270 e. The lowest BCUT2D eigenvalue weighted by Crippen LogP contribution is -2.34. The quantitative estimate of drug-likeness (QED) is 0.326. The van der Waals surface area contributed by atoms with Crippen LogP contribution in [0.2, 0.25) is 0 Å². The van der Waals surface area contributed by atoms with Gasteiger partial charge in [-0.2, -0.15) is 0 Å². The highest BCUT2D eigenvalue weighted by atomic mass is 32.2. The first kappa shape index (κ1) is 29.7. The van der Waals surface area contributed by atoms with Crippen LogP contribution in [0.4, 0.5) is 4.39 Å². The number of ketones is 1. The van der Waals surface area contributed by atoms with Crippen molar-refractivity contribution >= 4 is 21.7 Å². The molecule has 10 heteroatoms. The van der Waals surface area contributed by atoms with Crippen LogP contribution < -0.4 is 14.2 Å². The number of halogens is 1. The number of pyridine rings is 1. The molecular weight excluding hydrogens is 547 g/mol. The van der Waals surface area contributed by atoms with Crippen molar-refractivity contribution < 1.29 is 31.9 Å². The van der Waals surface area contributed by atoms with E-state index in [-0.39, 0.29) is 35.0 Å². The number of Topliss-reactive ketones (excluding diaryl/α,β-unsaturated/α-hetero) is 1. The maximum atomic E-state index is 15.0. The molecule has 41 heavy (non-hydrogen) atoms. The first-order valence-electron chi connectivity index (χ1n) is 13.0. The van der Waals surface area contributed by atoms with Crippen molar-refractivity contribution in [2.75, 3.05) is 6.61 Å². The molecule has 0 saturated heterocycles. The lowest BCUT2D eigenvalue weighted by atomic mass is 10.1. The Hall–Kier alpha value is -4.31. The Labute approximate surface area is 239 Å². The summed E-state index contributed by atoms with van der Waals surface area (Å²) >= 11 is 0. The van der Waals surface area contributed by atoms with Crippen LogP contribution in [-0.4, -0.2) is 31.7 Å². The minimum atomic E-state index is -4.48. The van der Waals surface area contributed by atoms with Crippen LogP contribution in [-0.2, 0) is 14.8 Å². The van der Waals surface area contributed by atoms with E-state index in [0.29, 0.717) is 18.1 Å². The third-order valence-corrected chi connectivity index (χ3v) is 7.58. The number of ether oxygens (including phenoxy) is 2. The minimum absolute atomic E-state index is 0.0942. The van der Waals surface area contributed by atoms with Crippen LogP contribution in [0.3, 0.4) is 0 Å². The van der Waals surface area contributed by atoms with E-state index in [1.54, 1.807) is 0 Å². The monoisotopic (exact) mass is 578 g/mol. The predicted octanol–water partition coefficient (Wildman–Crippen LogP) is 6.11. The second kappa shape index (κ2) is 12.1. The van der Waals surface area contributed by atoms with Crippen LogP contribution in [0, 0.1) is 32.5 Å². The number of benzene rings is 2. The van der Waals surface area contributed by atoms with Crippen LogP contribution in [0.25, 0.3) is 11.3 Å². The highest BCUT2D eigenvalue weighted by molar-refractivity contribution is 7.95. The lowest BCUT2D eigenvalue weighted by molar-refractivity contribution is -0.114. The zero-order valence-electron chi connectivity index (χ0n) is 23.4. The number of rotatable bonds is 9. The number of nitrogens with zero attached hydrogens (tertiary/aromatic N) is 1. The standard InChI is InChI=1S/C31H31FN2O6S/c1-18(2)17-39-22-10-12-25(32)24(16-22)26-13-11-23(30(36)34-41(37,38)28-9-7-6-8-27(28)35)31(33-26)40-29-20(4)14-19(3)15-21(29)5/h6-7,9-16,18H,8,17H2,1-5H3,(H,34,36). The van der Waals surface area contributed by atoms with Gasteiger partial charge in [0.25, 0.3) is 15.9 Å². The number of aryl methyl sites for hydroxylation is 3. The number of hydrogen-bond acceptors (Lipinski definition) is 7. The number of carbonyl (C=O) groups excluding carboxylic acids is 2. The molecule has 0 spiro atoms. The average Bonchev–Trinajstić information content (AvgIpc) is 2.90. The van der Waals surface area contributed by atoms with Crippen LogP contribution >= 0.6 is 0 Å². The first-order chi connectivity index (χ1) is 19.4. The molecule has 8 nitrogen and oxygen atoms in total. The van der Waals surface area contributed by atoms with Crippen molar-refractivity contribution in [1.82, 2.24) is 9.71 Å². The van der Waals surface area contributed by atoms with Gasteiger partial charge in [-0.25, -0.2) is 22.5 Å². The molecule has 1 aliphatic carbocycles. The maximum absolute atomic E-state index is 15.0. The Morgan fingerprint density at radius 1 is 1.07 bits per heavy atom. The average molecular weight is 579 g/mol. The summed E-state index contributed by atoms with van der Waals surface area (Å²) in [6, 6.07) is 10.8. The van der Waals surface area contributed by atoms with Gasteiger partial charge in [-0.15, -0.1) is 0 Å². The number of nitrogens with one attached hydrogen (secondary N) is 1. The molecule has 0 saturated carbocycles. The molecule has 4 rings (SSSR count). The fourth-order valence-electron chi connectivity index (χ4n) is 4.31. The molecule has 1 aliphatic rings. The summed E-state index contributed by atoms with van der Waals surface area (Å²) in [5.74, 6) is -1.38. The number of aromatic nitrogens is 1. The zero-order chi connectivity index (χ0) is 29.9. The highest BCUT2D eigenvalue weighted by Crippen LogP contribution is 2.34. The smallest absolute Gasteiger partial charge is 0.270 e. The molecule has 0 radical (unpaired) electrons. The minimum Gasteiger partial charge on any atom is -0.493 e. The molecule has 0 atom stereocenters. The molecule has 3 aromatic rings. The summed E-state index contributed by atoms with van der Waals surface area (Å²) in [7, 11) is -4.48. The van der Waals surface area contributed by atoms with Crippen LogP contribution in [0.5, 0.6) is 17.4 Å². The molecule has 0 unspecified atom stereocenters. The molecule has 1 N–H and O–H groups in total. The van der Waals surface area contributed by atoms with Gasteiger partial charge in [-0.3, -0.25) is 9.59 Å². The summed E-state index contributed by atoms with van der Waals surface area (Å²) in [6.07, 6.45) is 3.99. The molecule has 0 bridgehead atoms. The number of allylic oxidation sites excluding steroid dienone is 4. The summed E-state index contributed by atoms with van der Waals surface area (Å²) in [5.41, 5.74) is 2.55. The molecular formula is C31H31FN2O6S. The van der Waals surface area contributed by atoms with E-state index in [0.717, 1.165) is 22.8 Å². The van der Waals surface area contributed by atoms with Gasteiger partial charge >= 0.3 is 0 Å². The van der Waals surface area contributed by atoms with E-state index in [2.05, 4.69) is 4.98 Å². The van der Waals surface area contributed by atoms with Crippen molar-refractivity contribution in [3.63, 3.8) is 0 Å². The van der Waals surface area contributed by atoms with Gasteiger partial charge in [0.2, 0.25) is 5.88 Å². The molecule has 0 fully saturated rings. The fourth-order valence-corrected chi connectivity index (χ4v) is 5.42. The Morgan fingerprint density at radius 3 is 2.44 bits per heavy atom. The second-order valence-corrected chi connectivity index (χ2v) is 11.9. The SMILES string of the molecule is Cc1cc(C)c(Oc2nc(-c3cc(OCC(C)C)ccc3F)ccc2C(=O)NS(=O)(=O)C2=CC=CCC2=O)c(C)c1. The number of sulfonamides is 1. The fraction of sp³-hybridized carbons (Fsp3) is 0.258. The molecule has 214 valence electrons. The Kier molecular flexibility index (Phi) is 8.72. The largest absolute Gasteiger partial charge is 0.493 e. The number of carbonyl (C=O) groups is 2. The van der Waals surface area contributed by atoms with Crippen LogP contribution in [0.1, 0.15) is 47.3 Å². The third kappa shape index (κ3) is 6.89. The Bertz CT molecular complexity index is 1670. The second-order valence-electron chi connectivity index (χ2n) is 10.2. The van der Waals surface area contributed by atoms with Gasteiger partial charge in [0.1, 0.15) is 27.8 Å². The van der Waals surface area contributed by atoms with E-state index in [1.165, 1.54) is 42.5 Å². The lowest BCUT2D eigenvalue weighted by Gasteiger charge is -2.17. The Balaban J connectivity index is 1.78. The van der Waals surface area contributed by atoms with Crippen molar-refractivity contribution in [2.45, 2.75) is 41.0 Å². The summed E-state index contributed by atoms with van der Waals surface area (Å²) in [6.45, 7) is 10.00. The van der Waals surface area contributed by atoms with Gasteiger partial charge in [-0.05, 0) is 74.2 Å². The van der Waals surface area contributed by atoms with Crippen molar-refractivity contribution in [2.24, 2.45) is 5.92 Å². The summed E-state index contributed by atoms with van der Waals surface area (Å²) in [5, 5.41) is 0. The van der Waals surface area contributed by atoms with E-state index in [9.17, 15) is 22.4 Å². The number of amides is 1. The molecule has 1 heterocycles.